The van der Waals surface area contributed by atoms with Gasteiger partial charge in [-0.1, -0.05) is 12.2 Å². The standard InChI is InChI=1S/C6H9ClO/c7-5-2-1-3-6(8)4-5/h1-2,5-6,8H,3-4H2. The fourth-order valence-corrected chi connectivity index (χ4v) is 1.13. The van der Waals surface area contributed by atoms with E-state index in [0.29, 0.717) is 6.42 Å². The molecule has 0 amide bonds. The number of aliphatic hydroxyl groups excluding tert-OH is 1. The molecule has 0 heterocycles. The molecule has 0 fully saturated rings. The third-order valence-corrected chi connectivity index (χ3v) is 1.57. The van der Waals surface area contributed by atoms with Crippen LogP contribution in [-0.4, -0.2) is 16.6 Å². The molecule has 1 N–H and O–H groups in total. The van der Waals surface area contributed by atoms with Crippen molar-refractivity contribution in [3.8, 4) is 0 Å². The van der Waals surface area contributed by atoms with Gasteiger partial charge in [0, 0.05) is 0 Å². The third-order valence-electron chi connectivity index (χ3n) is 1.25. The van der Waals surface area contributed by atoms with Crippen molar-refractivity contribution in [1.82, 2.24) is 0 Å². The highest BCUT2D eigenvalue weighted by molar-refractivity contribution is 6.21. The van der Waals surface area contributed by atoms with Crippen molar-refractivity contribution in [2.75, 3.05) is 0 Å². The first-order valence-corrected chi connectivity index (χ1v) is 3.21. The molecule has 8 heavy (non-hydrogen) atoms. The lowest BCUT2D eigenvalue weighted by Crippen LogP contribution is -2.14. The second-order valence-electron chi connectivity index (χ2n) is 2.07. The number of halogens is 1. The fourth-order valence-electron chi connectivity index (χ4n) is 0.818. The molecule has 0 saturated heterocycles. The van der Waals surface area contributed by atoms with Crippen molar-refractivity contribution in [1.29, 1.82) is 0 Å². The van der Waals surface area contributed by atoms with E-state index in [1.165, 1.54) is 0 Å². The summed E-state index contributed by atoms with van der Waals surface area (Å²) in [5, 5.41) is 9.00. The third kappa shape index (κ3) is 1.49. The molecule has 0 radical (unpaired) electrons. The largest absolute Gasteiger partial charge is 0.393 e. The van der Waals surface area contributed by atoms with Crippen molar-refractivity contribution in [2.45, 2.75) is 24.3 Å². The molecule has 0 saturated carbocycles. The van der Waals surface area contributed by atoms with Gasteiger partial charge in [-0.25, -0.2) is 0 Å². The van der Waals surface area contributed by atoms with Crippen molar-refractivity contribution in [3.05, 3.63) is 12.2 Å². The topological polar surface area (TPSA) is 20.2 Å². The van der Waals surface area contributed by atoms with Crippen LogP contribution in [0.3, 0.4) is 0 Å². The summed E-state index contributed by atoms with van der Waals surface area (Å²) < 4.78 is 0. The van der Waals surface area contributed by atoms with Crippen LogP contribution in [0.25, 0.3) is 0 Å². The maximum atomic E-state index is 8.94. The predicted molar refractivity (Wildman–Crippen MR) is 34.0 cm³/mol. The van der Waals surface area contributed by atoms with Gasteiger partial charge < -0.3 is 5.11 Å². The van der Waals surface area contributed by atoms with Crippen molar-refractivity contribution < 1.29 is 5.11 Å². The summed E-state index contributed by atoms with van der Waals surface area (Å²) in [6, 6.07) is 0. The van der Waals surface area contributed by atoms with Gasteiger partial charge >= 0.3 is 0 Å². The van der Waals surface area contributed by atoms with Crippen LogP contribution in [0.2, 0.25) is 0 Å². The molecule has 0 spiro atoms. The number of aliphatic hydroxyl groups is 1. The molecular formula is C6H9ClO. The van der Waals surface area contributed by atoms with Crippen LogP contribution in [0.1, 0.15) is 12.8 Å². The minimum absolute atomic E-state index is 0.0544. The van der Waals surface area contributed by atoms with Crippen LogP contribution in [0.5, 0.6) is 0 Å². The Bertz CT molecular complexity index is 101. The van der Waals surface area contributed by atoms with E-state index < -0.39 is 0 Å². The lowest BCUT2D eigenvalue weighted by molar-refractivity contribution is 0.165. The van der Waals surface area contributed by atoms with Crippen LogP contribution in [0, 0.1) is 0 Å². The maximum Gasteiger partial charge on any atom is 0.0591 e. The molecule has 2 heteroatoms. The summed E-state index contributed by atoms with van der Waals surface area (Å²) >= 11 is 5.66. The van der Waals surface area contributed by atoms with Gasteiger partial charge in [0.2, 0.25) is 0 Å². The van der Waals surface area contributed by atoms with E-state index in [9.17, 15) is 0 Å². The Kier molecular flexibility index (Phi) is 1.92. The Morgan fingerprint density at radius 1 is 1.62 bits per heavy atom. The highest BCUT2D eigenvalue weighted by atomic mass is 35.5. The first-order valence-electron chi connectivity index (χ1n) is 2.78. The molecule has 1 nitrogen and oxygen atoms in total. The Hall–Kier alpha value is -0.0100. The van der Waals surface area contributed by atoms with E-state index in [0.717, 1.165) is 6.42 Å². The second kappa shape index (κ2) is 2.51. The summed E-state index contributed by atoms with van der Waals surface area (Å²) in [5.41, 5.74) is 0. The SMILES string of the molecule is OC1CC=CC(Cl)C1. The van der Waals surface area contributed by atoms with Gasteiger partial charge in [-0.2, -0.15) is 0 Å². The lowest BCUT2D eigenvalue weighted by Gasteiger charge is -2.14. The molecule has 0 bridgehead atoms. The van der Waals surface area contributed by atoms with E-state index in [1.54, 1.807) is 0 Å². The Labute approximate surface area is 54.0 Å². The molecule has 0 aromatic heterocycles. The fraction of sp³-hybridized carbons (Fsp3) is 0.667. The number of allylic oxidation sites excluding steroid dienone is 1. The molecule has 46 valence electrons. The highest BCUT2D eigenvalue weighted by Crippen LogP contribution is 2.15. The minimum Gasteiger partial charge on any atom is -0.393 e. The van der Waals surface area contributed by atoms with Crippen LogP contribution >= 0.6 is 11.6 Å². The second-order valence-corrected chi connectivity index (χ2v) is 2.63. The van der Waals surface area contributed by atoms with Crippen molar-refractivity contribution >= 4 is 11.6 Å². The predicted octanol–water partition coefficient (Wildman–Crippen LogP) is 1.30. The van der Waals surface area contributed by atoms with Crippen LogP contribution in [0.15, 0.2) is 12.2 Å². The molecule has 0 aromatic carbocycles. The zero-order chi connectivity index (χ0) is 5.98. The first kappa shape index (κ1) is 6.12. The Morgan fingerprint density at radius 2 is 2.38 bits per heavy atom. The van der Waals surface area contributed by atoms with Crippen LogP contribution < -0.4 is 0 Å². The Balaban J connectivity index is 2.42. The van der Waals surface area contributed by atoms with Crippen LogP contribution in [-0.2, 0) is 0 Å². The van der Waals surface area contributed by atoms with Crippen LogP contribution in [0.4, 0.5) is 0 Å². The van der Waals surface area contributed by atoms with Gasteiger partial charge in [-0.15, -0.1) is 11.6 Å². The molecular weight excluding hydrogens is 124 g/mol. The number of hydrogen-bond donors (Lipinski definition) is 1. The zero-order valence-electron chi connectivity index (χ0n) is 4.55. The quantitative estimate of drug-likeness (QED) is 0.389. The summed E-state index contributed by atoms with van der Waals surface area (Å²) in [7, 11) is 0. The number of rotatable bonds is 0. The molecule has 2 atom stereocenters. The molecule has 1 rings (SSSR count). The highest BCUT2D eigenvalue weighted by Gasteiger charge is 2.11. The van der Waals surface area contributed by atoms with E-state index in [1.807, 2.05) is 12.2 Å². The summed E-state index contributed by atoms with van der Waals surface area (Å²) in [6.07, 6.45) is 5.11. The lowest BCUT2D eigenvalue weighted by atomic mass is 10.1. The summed E-state index contributed by atoms with van der Waals surface area (Å²) in [5.74, 6) is 0. The number of hydrogen-bond acceptors (Lipinski definition) is 1. The summed E-state index contributed by atoms with van der Waals surface area (Å²) in [6.45, 7) is 0. The first-order chi connectivity index (χ1) is 3.79. The summed E-state index contributed by atoms with van der Waals surface area (Å²) in [4.78, 5) is 0. The van der Waals surface area contributed by atoms with Crippen molar-refractivity contribution in [2.24, 2.45) is 0 Å². The van der Waals surface area contributed by atoms with E-state index in [-0.39, 0.29) is 11.5 Å². The molecule has 0 aliphatic heterocycles. The van der Waals surface area contributed by atoms with Gasteiger partial charge in [0.1, 0.15) is 0 Å². The minimum atomic E-state index is -0.206. The maximum absolute atomic E-state index is 8.94. The van der Waals surface area contributed by atoms with Gasteiger partial charge in [0.25, 0.3) is 0 Å². The molecule has 1 aliphatic carbocycles. The Morgan fingerprint density at radius 3 is 2.75 bits per heavy atom. The smallest absolute Gasteiger partial charge is 0.0591 e. The van der Waals surface area contributed by atoms with Crippen molar-refractivity contribution in [3.63, 3.8) is 0 Å². The van der Waals surface area contributed by atoms with Gasteiger partial charge in [0.15, 0.2) is 0 Å². The van der Waals surface area contributed by atoms with E-state index >= 15 is 0 Å². The van der Waals surface area contributed by atoms with Gasteiger partial charge in [0.05, 0.1) is 11.5 Å². The monoisotopic (exact) mass is 132 g/mol. The van der Waals surface area contributed by atoms with Gasteiger partial charge in [-0.05, 0) is 12.8 Å². The zero-order valence-corrected chi connectivity index (χ0v) is 5.30. The number of alkyl halides is 1. The normalized spacial score (nSPS) is 37.8. The molecule has 0 aromatic rings. The van der Waals surface area contributed by atoms with Gasteiger partial charge in [-0.3, -0.25) is 0 Å². The molecule has 1 aliphatic rings. The van der Waals surface area contributed by atoms with E-state index in [4.69, 9.17) is 16.7 Å². The average molecular weight is 133 g/mol. The average Bonchev–Trinajstić information content (AvgIpc) is 1.64. The molecule has 2 unspecified atom stereocenters. The van der Waals surface area contributed by atoms with E-state index in [2.05, 4.69) is 0 Å².